The number of ether oxygens (including phenoxy) is 2. The van der Waals surface area contributed by atoms with Gasteiger partial charge in [-0.05, 0) is 62.1 Å². The summed E-state index contributed by atoms with van der Waals surface area (Å²) in [6, 6.07) is 12.8. The molecule has 0 saturated carbocycles. The third kappa shape index (κ3) is 5.52. The van der Waals surface area contributed by atoms with Crippen molar-refractivity contribution >= 4 is 44.0 Å². The number of aromatic nitrogens is 1. The highest BCUT2D eigenvalue weighted by molar-refractivity contribution is 7.88. The van der Waals surface area contributed by atoms with Gasteiger partial charge in [0.25, 0.3) is 0 Å². The molecule has 36 heavy (non-hydrogen) atoms. The monoisotopic (exact) mass is 545 g/mol. The van der Waals surface area contributed by atoms with Crippen molar-refractivity contribution in [1.29, 1.82) is 0 Å². The minimum Gasteiger partial charge on any atom is -0.497 e. The van der Waals surface area contributed by atoms with Crippen LogP contribution in [-0.2, 0) is 23.1 Å². The molecule has 2 heterocycles. The van der Waals surface area contributed by atoms with Gasteiger partial charge in [0.15, 0.2) is 4.21 Å². The molecular formula is C27H28ClNO5S2. The average Bonchev–Trinajstić information content (AvgIpc) is 3.20. The van der Waals surface area contributed by atoms with Gasteiger partial charge in [-0.15, -0.1) is 11.3 Å². The van der Waals surface area contributed by atoms with Crippen LogP contribution >= 0.6 is 22.9 Å². The van der Waals surface area contributed by atoms with Crippen molar-refractivity contribution in [2.45, 2.75) is 44.9 Å². The third-order valence-corrected chi connectivity index (χ3v) is 8.55. The molecule has 0 radical (unpaired) electrons. The maximum atomic E-state index is 11.9. The number of rotatable bonds is 8. The molecule has 4 aromatic rings. The standard InChI is InChI=1S/C27H28ClNO5S2/c1-15(2)10-21-17(4)29-25-9-7-19(33-5)13-23(25)26(21)34-14-18-6-8-20(24(28)12-18)22-11-16(3)35-27(22)36(30,31)32/h6-9,11-13,15H,10,14H2,1-5H3,(H,30,31,32). The Morgan fingerprint density at radius 2 is 1.83 bits per heavy atom. The van der Waals surface area contributed by atoms with Gasteiger partial charge in [-0.3, -0.25) is 9.54 Å². The lowest BCUT2D eigenvalue weighted by molar-refractivity contribution is 0.305. The highest BCUT2D eigenvalue weighted by atomic mass is 35.5. The molecule has 0 atom stereocenters. The van der Waals surface area contributed by atoms with Crippen LogP contribution in [0.15, 0.2) is 46.7 Å². The van der Waals surface area contributed by atoms with Gasteiger partial charge in [-0.1, -0.05) is 37.6 Å². The second kappa shape index (κ2) is 10.4. The van der Waals surface area contributed by atoms with Gasteiger partial charge in [0, 0.05) is 37.7 Å². The summed E-state index contributed by atoms with van der Waals surface area (Å²) in [7, 11) is -2.73. The van der Waals surface area contributed by atoms with E-state index in [0.717, 1.165) is 61.9 Å². The molecule has 2 aromatic carbocycles. The smallest absolute Gasteiger partial charge is 0.304 e. The molecule has 4 rings (SSSR count). The first-order valence-corrected chi connectivity index (χ1v) is 14.1. The number of halogens is 1. The highest BCUT2D eigenvalue weighted by Gasteiger charge is 2.22. The lowest BCUT2D eigenvalue weighted by Gasteiger charge is -2.18. The van der Waals surface area contributed by atoms with E-state index in [1.54, 1.807) is 32.2 Å². The Bertz CT molecular complexity index is 1540. The molecule has 190 valence electrons. The molecule has 0 bridgehead atoms. The van der Waals surface area contributed by atoms with Crippen LogP contribution in [0.5, 0.6) is 11.5 Å². The molecule has 0 aliphatic carbocycles. The van der Waals surface area contributed by atoms with Crippen LogP contribution in [0.4, 0.5) is 0 Å². The first-order chi connectivity index (χ1) is 17.0. The topological polar surface area (TPSA) is 85.7 Å². The van der Waals surface area contributed by atoms with Crippen molar-refractivity contribution in [2.75, 3.05) is 7.11 Å². The fraction of sp³-hybridized carbons (Fsp3) is 0.296. The Balaban J connectivity index is 1.71. The van der Waals surface area contributed by atoms with Crippen LogP contribution in [0, 0.1) is 19.8 Å². The molecule has 0 aliphatic heterocycles. The van der Waals surface area contributed by atoms with Gasteiger partial charge < -0.3 is 9.47 Å². The van der Waals surface area contributed by atoms with Crippen molar-refractivity contribution < 1.29 is 22.4 Å². The second-order valence-electron chi connectivity index (χ2n) is 9.12. The van der Waals surface area contributed by atoms with Gasteiger partial charge in [-0.25, -0.2) is 0 Å². The van der Waals surface area contributed by atoms with Crippen molar-refractivity contribution in [2.24, 2.45) is 5.92 Å². The number of benzene rings is 2. The molecule has 0 amide bonds. The molecule has 9 heteroatoms. The van der Waals surface area contributed by atoms with E-state index in [4.69, 9.17) is 26.1 Å². The van der Waals surface area contributed by atoms with E-state index in [-0.39, 0.29) is 10.8 Å². The van der Waals surface area contributed by atoms with Crippen molar-refractivity contribution in [3.05, 3.63) is 69.2 Å². The van der Waals surface area contributed by atoms with Crippen molar-refractivity contribution in [3.8, 4) is 22.6 Å². The summed E-state index contributed by atoms with van der Waals surface area (Å²) < 4.78 is 45.1. The van der Waals surface area contributed by atoms with Gasteiger partial charge in [0.1, 0.15) is 18.1 Å². The van der Waals surface area contributed by atoms with Gasteiger partial charge >= 0.3 is 10.1 Å². The number of hydrogen-bond acceptors (Lipinski definition) is 6. The number of methoxy groups -OCH3 is 1. The Hall–Kier alpha value is -2.65. The van der Waals surface area contributed by atoms with E-state index in [1.165, 1.54) is 0 Å². The summed E-state index contributed by atoms with van der Waals surface area (Å²) in [4.78, 5) is 5.54. The summed E-state index contributed by atoms with van der Waals surface area (Å²) in [6.45, 7) is 8.35. The number of fused-ring (bicyclic) bond motifs is 1. The molecule has 0 spiro atoms. The number of nitrogens with zero attached hydrogens (tertiary/aromatic N) is 1. The minimum atomic E-state index is -4.36. The Morgan fingerprint density at radius 1 is 1.08 bits per heavy atom. The fourth-order valence-electron chi connectivity index (χ4n) is 4.20. The minimum absolute atomic E-state index is 0.114. The first-order valence-electron chi connectivity index (χ1n) is 11.4. The van der Waals surface area contributed by atoms with Gasteiger partial charge in [-0.2, -0.15) is 8.42 Å². The molecule has 0 saturated heterocycles. The van der Waals surface area contributed by atoms with Crippen LogP contribution in [-0.4, -0.2) is 25.1 Å². The highest BCUT2D eigenvalue weighted by Crippen LogP contribution is 2.39. The summed E-state index contributed by atoms with van der Waals surface area (Å²) in [5, 5.41) is 1.25. The summed E-state index contributed by atoms with van der Waals surface area (Å²) in [5.74, 6) is 1.91. The molecule has 1 N–H and O–H groups in total. The third-order valence-electron chi connectivity index (χ3n) is 5.82. The summed E-state index contributed by atoms with van der Waals surface area (Å²) in [6.07, 6.45) is 0.816. The summed E-state index contributed by atoms with van der Waals surface area (Å²) in [5.41, 5.74) is 4.56. The predicted octanol–water partition coefficient (Wildman–Crippen LogP) is 7.27. The maximum absolute atomic E-state index is 11.9. The van der Waals surface area contributed by atoms with E-state index in [0.29, 0.717) is 22.1 Å². The maximum Gasteiger partial charge on any atom is 0.304 e. The number of thiophene rings is 1. The molecule has 2 aromatic heterocycles. The second-order valence-corrected chi connectivity index (χ2v) is 12.4. The Kier molecular flexibility index (Phi) is 7.61. The fourth-order valence-corrected chi connectivity index (χ4v) is 6.52. The van der Waals surface area contributed by atoms with E-state index in [2.05, 4.69) is 13.8 Å². The zero-order chi connectivity index (χ0) is 26.2. The Morgan fingerprint density at radius 3 is 2.47 bits per heavy atom. The van der Waals surface area contributed by atoms with E-state index >= 15 is 0 Å². The molecule has 0 fully saturated rings. The van der Waals surface area contributed by atoms with Crippen LogP contribution in [0.2, 0.25) is 5.02 Å². The molecule has 0 aliphatic rings. The molecule has 6 nitrogen and oxygen atoms in total. The Labute approximate surface area is 220 Å². The van der Waals surface area contributed by atoms with Gasteiger partial charge in [0.05, 0.1) is 12.6 Å². The van der Waals surface area contributed by atoms with E-state index in [9.17, 15) is 13.0 Å². The quantitative estimate of drug-likeness (QED) is 0.234. The molecule has 0 unspecified atom stereocenters. The van der Waals surface area contributed by atoms with Crippen LogP contribution in [0.25, 0.3) is 22.0 Å². The zero-order valence-electron chi connectivity index (χ0n) is 20.8. The lowest BCUT2D eigenvalue weighted by Crippen LogP contribution is -2.06. The lowest BCUT2D eigenvalue weighted by atomic mass is 9.98. The SMILES string of the molecule is COc1ccc2nc(C)c(CC(C)C)c(OCc3ccc(-c4cc(C)sc4S(=O)(=O)O)c(Cl)c3)c2c1. The van der Waals surface area contributed by atoms with Crippen LogP contribution in [0.1, 0.15) is 35.5 Å². The predicted molar refractivity (Wildman–Crippen MR) is 145 cm³/mol. The largest absolute Gasteiger partial charge is 0.497 e. The summed E-state index contributed by atoms with van der Waals surface area (Å²) >= 11 is 7.59. The zero-order valence-corrected chi connectivity index (χ0v) is 23.1. The molecular weight excluding hydrogens is 518 g/mol. The number of hydrogen-bond donors (Lipinski definition) is 1. The van der Waals surface area contributed by atoms with E-state index < -0.39 is 10.1 Å². The number of pyridine rings is 1. The van der Waals surface area contributed by atoms with E-state index in [1.807, 2.05) is 31.2 Å². The average molecular weight is 546 g/mol. The normalized spacial score (nSPS) is 11.9. The number of aryl methyl sites for hydroxylation is 2. The van der Waals surface area contributed by atoms with Crippen molar-refractivity contribution in [3.63, 3.8) is 0 Å². The van der Waals surface area contributed by atoms with Crippen molar-refractivity contribution in [1.82, 2.24) is 4.98 Å². The first kappa shape index (κ1) is 26.4. The van der Waals surface area contributed by atoms with Crippen LogP contribution in [0.3, 0.4) is 0 Å². The van der Waals surface area contributed by atoms with Crippen LogP contribution < -0.4 is 9.47 Å². The van der Waals surface area contributed by atoms with Gasteiger partial charge in [0.2, 0.25) is 0 Å².